The predicted molar refractivity (Wildman–Crippen MR) is 136 cm³/mol. The molecule has 0 amide bonds. The maximum Gasteiger partial charge on any atom is 0.164 e. The molecule has 1 aliphatic carbocycles. The second-order valence-corrected chi connectivity index (χ2v) is 8.04. The van der Waals surface area contributed by atoms with Gasteiger partial charge in [-0.1, -0.05) is 26.0 Å². The molecule has 0 aliphatic heterocycles. The first kappa shape index (κ1) is 21.7. The molecule has 1 atom stereocenters. The summed E-state index contributed by atoms with van der Waals surface area (Å²) in [7, 11) is 0. The number of hydrogen-bond acceptors (Lipinski definition) is 6. The van der Waals surface area contributed by atoms with Gasteiger partial charge < -0.3 is 11.5 Å². The summed E-state index contributed by atoms with van der Waals surface area (Å²) in [4.78, 5) is 18.2. The number of nitrogens with zero attached hydrogens (tertiary/aromatic N) is 5. The Hall–Kier alpha value is -4.10. The zero-order chi connectivity index (χ0) is 23.7. The lowest BCUT2D eigenvalue weighted by Gasteiger charge is -2.12. The Morgan fingerprint density at radius 2 is 1.79 bits per heavy atom. The molecule has 1 unspecified atom stereocenters. The van der Waals surface area contributed by atoms with Gasteiger partial charge in [-0.2, -0.15) is 0 Å². The molecule has 6 rings (SSSR count). The fourth-order valence-electron chi connectivity index (χ4n) is 4.46. The van der Waals surface area contributed by atoms with Crippen LogP contribution in [0.15, 0.2) is 73.3 Å². The fourth-order valence-corrected chi connectivity index (χ4v) is 4.46. The highest BCUT2D eigenvalue weighted by molar-refractivity contribution is 5.85. The zero-order valence-electron chi connectivity index (χ0n) is 19.3. The lowest BCUT2D eigenvalue weighted by molar-refractivity contribution is 0.713. The van der Waals surface area contributed by atoms with Crippen molar-refractivity contribution in [2.75, 3.05) is 5.73 Å². The van der Waals surface area contributed by atoms with Crippen molar-refractivity contribution >= 4 is 17.0 Å². The number of nitrogens with two attached hydrogens (primary N) is 2. The number of rotatable bonds is 3. The van der Waals surface area contributed by atoms with Gasteiger partial charge in [-0.05, 0) is 60.4 Å². The monoisotopic (exact) mass is 449 g/mol. The number of nitrogen functional groups attached to an aromatic ring is 1. The van der Waals surface area contributed by atoms with Gasteiger partial charge in [-0.25, -0.2) is 15.0 Å². The van der Waals surface area contributed by atoms with E-state index in [1.165, 1.54) is 11.1 Å². The minimum Gasteiger partial charge on any atom is -0.383 e. The third-order valence-electron chi connectivity index (χ3n) is 6.08. The summed E-state index contributed by atoms with van der Waals surface area (Å²) in [5, 5.41) is 0. The van der Waals surface area contributed by atoms with Gasteiger partial charge >= 0.3 is 0 Å². The third kappa shape index (κ3) is 3.70. The van der Waals surface area contributed by atoms with Crippen LogP contribution in [0.1, 0.15) is 37.4 Å². The molecule has 0 bridgehead atoms. The molecule has 7 nitrogen and oxygen atoms in total. The number of anilines is 1. The summed E-state index contributed by atoms with van der Waals surface area (Å²) in [6.45, 7) is 4.00. The second-order valence-electron chi connectivity index (χ2n) is 8.04. The SMILES string of the molecule is CC.Nc1ncccc1-c1nc2cc(-c3cccnc3)cnc2n1-c1ccc2c(c1)CCC2N. The van der Waals surface area contributed by atoms with Gasteiger partial charge in [-0.3, -0.25) is 9.55 Å². The molecule has 1 aromatic carbocycles. The van der Waals surface area contributed by atoms with Crippen LogP contribution in [0, 0.1) is 0 Å². The standard InChI is InChI=1S/C25H21N7.C2H6/c26-21-8-5-15-11-18(6-7-19(15)21)32-24(20-4-2-10-29-23(20)27)31-22-12-17(14-30-25(22)32)16-3-1-9-28-13-16;1-2/h1-4,6-7,9-14,21H,5,8,26H2,(H2,27,29);1-2H3. The predicted octanol–water partition coefficient (Wildman–Crippen LogP) is 5.10. The average molecular weight is 450 g/mol. The van der Waals surface area contributed by atoms with E-state index in [9.17, 15) is 0 Å². The molecule has 0 saturated heterocycles. The fraction of sp³-hybridized carbons (Fsp3) is 0.185. The van der Waals surface area contributed by atoms with Crippen molar-refractivity contribution in [2.24, 2.45) is 5.73 Å². The zero-order valence-corrected chi connectivity index (χ0v) is 19.3. The summed E-state index contributed by atoms with van der Waals surface area (Å²) in [5.41, 5.74) is 20.2. The van der Waals surface area contributed by atoms with Gasteiger partial charge in [0.15, 0.2) is 11.5 Å². The molecule has 1 aliphatic rings. The minimum absolute atomic E-state index is 0.104. The first-order valence-corrected chi connectivity index (χ1v) is 11.6. The highest BCUT2D eigenvalue weighted by atomic mass is 15.1. The van der Waals surface area contributed by atoms with Crippen LogP contribution in [-0.2, 0) is 6.42 Å². The molecule has 170 valence electrons. The number of aromatic nitrogens is 5. The lowest BCUT2D eigenvalue weighted by Crippen LogP contribution is -2.06. The van der Waals surface area contributed by atoms with Crippen LogP contribution >= 0.6 is 0 Å². The Morgan fingerprint density at radius 3 is 2.59 bits per heavy atom. The quantitative estimate of drug-likeness (QED) is 0.397. The molecule has 0 spiro atoms. The molecule has 4 N–H and O–H groups in total. The van der Waals surface area contributed by atoms with Gasteiger partial charge in [0, 0.05) is 47.6 Å². The summed E-state index contributed by atoms with van der Waals surface area (Å²) in [6.07, 6.45) is 9.06. The average Bonchev–Trinajstić information content (AvgIpc) is 3.45. The van der Waals surface area contributed by atoms with Crippen molar-refractivity contribution in [2.45, 2.75) is 32.7 Å². The van der Waals surface area contributed by atoms with E-state index < -0.39 is 0 Å². The van der Waals surface area contributed by atoms with Gasteiger partial charge in [0.05, 0.1) is 5.56 Å². The molecular formula is C27H27N7. The van der Waals surface area contributed by atoms with Crippen LogP contribution in [0.5, 0.6) is 0 Å². The van der Waals surface area contributed by atoms with Gasteiger partial charge in [0.1, 0.15) is 11.3 Å². The summed E-state index contributed by atoms with van der Waals surface area (Å²) in [6, 6.07) is 16.3. The Bertz CT molecular complexity index is 1460. The Labute approximate surface area is 198 Å². The van der Waals surface area contributed by atoms with E-state index in [0.717, 1.165) is 46.4 Å². The maximum atomic E-state index is 6.26. The van der Waals surface area contributed by atoms with Crippen molar-refractivity contribution in [1.29, 1.82) is 0 Å². The molecule has 4 aromatic heterocycles. The molecule has 5 aromatic rings. The van der Waals surface area contributed by atoms with Crippen molar-refractivity contribution in [3.05, 3.63) is 84.4 Å². The minimum atomic E-state index is 0.104. The van der Waals surface area contributed by atoms with Gasteiger partial charge in [0.25, 0.3) is 0 Å². The highest BCUT2D eigenvalue weighted by Crippen LogP contribution is 2.35. The largest absolute Gasteiger partial charge is 0.383 e. The highest BCUT2D eigenvalue weighted by Gasteiger charge is 2.22. The smallest absolute Gasteiger partial charge is 0.164 e. The van der Waals surface area contributed by atoms with E-state index in [4.69, 9.17) is 21.4 Å². The van der Waals surface area contributed by atoms with E-state index in [2.05, 4.69) is 32.7 Å². The van der Waals surface area contributed by atoms with Crippen LogP contribution in [0.25, 0.3) is 39.4 Å². The normalized spacial score (nSPS) is 14.5. The number of benzene rings is 1. The number of aryl methyl sites for hydroxylation is 1. The molecule has 7 heteroatoms. The Balaban J connectivity index is 0.00000117. The summed E-state index contributed by atoms with van der Waals surface area (Å²) >= 11 is 0. The Morgan fingerprint density at radius 1 is 0.941 bits per heavy atom. The summed E-state index contributed by atoms with van der Waals surface area (Å²) in [5.74, 6) is 1.14. The topological polar surface area (TPSA) is 109 Å². The lowest BCUT2D eigenvalue weighted by atomic mass is 10.1. The van der Waals surface area contributed by atoms with Crippen LogP contribution in [0.2, 0.25) is 0 Å². The van der Waals surface area contributed by atoms with E-state index in [0.29, 0.717) is 11.6 Å². The molecule has 4 heterocycles. The number of fused-ring (bicyclic) bond motifs is 2. The second kappa shape index (κ2) is 9.03. The Kier molecular flexibility index (Phi) is 5.77. The van der Waals surface area contributed by atoms with Crippen molar-refractivity contribution in [3.8, 4) is 28.2 Å². The van der Waals surface area contributed by atoms with Crippen LogP contribution in [0.4, 0.5) is 5.82 Å². The first-order chi connectivity index (χ1) is 16.7. The van der Waals surface area contributed by atoms with E-state index >= 15 is 0 Å². The van der Waals surface area contributed by atoms with Crippen molar-refractivity contribution in [3.63, 3.8) is 0 Å². The first-order valence-electron chi connectivity index (χ1n) is 11.6. The van der Waals surface area contributed by atoms with Crippen molar-refractivity contribution < 1.29 is 0 Å². The van der Waals surface area contributed by atoms with E-state index in [-0.39, 0.29) is 6.04 Å². The number of hydrogen-bond donors (Lipinski definition) is 2. The molecule has 34 heavy (non-hydrogen) atoms. The van der Waals surface area contributed by atoms with Crippen LogP contribution in [-0.4, -0.2) is 24.5 Å². The summed E-state index contributed by atoms with van der Waals surface area (Å²) < 4.78 is 2.06. The van der Waals surface area contributed by atoms with E-state index in [1.807, 2.05) is 56.6 Å². The van der Waals surface area contributed by atoms with E-state index in [1.54, 1.807) is 12.4 Å². The molecular weight excluding hydrogens is 422 g/mol. The molecule has 0 saturated carbocycles. The maximum absolute atomic E-state index is 6.26. The number of pyridine rings is 3. The number of imidazole rings is 1. The van der Waals surface area contributed by atoms with Crippen molar-refractivity contribution in [1.82, 2.24) is 24.5 Å². The van der Waals surface area contributed by atoms with Crippen LogP contribution < -0.4 is 11.5 Å². The van der Waals surface area contributed by atoms with Crippen LogP contribution in [0.3, 0.4) is 0 Å². The third-order valence-corrected chi connectivity index (χ3v) is 6.08. The molecule has 0 radical (unpaired) electrons. The molecule has 0 fully saturated rings. The van der Waals surface area contributed by atoms with Gasteiger partial charge in [-0.15, -0.1) is 0 Å². The van der Waals surface area contributed by atoms with Gasteiger partial charge in [0.2, 0.25) is 0 Å².